The lowest BCUT2D eigenvalue weighted by Gasteiger charge is -2.21. The summed E-state index contributed by atoms with van der Waals surface area (Å²) in [7, 11) is -4.35. The second kappa shape index (κ2) is 29.4. The van der Waals surface area contributed by atoms with Crippen molar-refractivity contribution in [3.63, 3.8) is 0 Å². The maximum Gasteiger partial charge on any atom is 0.267 e. The van der Waals surface area contributed by atoms with Crippen LogP contribution in [-0.4, -0.2) is 41.9 Å². The van der Waals surface area contributed by atoms with Crippen LogP contribution in [0.4, 0.5) is 0 Å². The zero-order valence-electron chi connectivity index (χ0n) is 26.9. The lowest BCUT2D eigenvalue weighted by Crippen LogP contribution is -2.46. The SMILES string of the molecule is CCCCC/C=C\C/C=C\CCCCCCCCCC(=O)NC(CS(=O)(=O)O)C(O)/C=C/CC/C=C/CCCCCC. The van der Waals surface area contributed by atoms with Crippen LogP contribution in [0.25, 0.3) is 0 Å². The first-order valence-corrected chi connectivity index (χ1v) is 18.4. The van der Waals surface area contributed by atoms with Gasteiger partial charge in [-0.1, -0.05) is 127 Å². The number of carbonyl (C=O) groups is 1. The molecule has 0 bridgehead atoms. The Morgan fingerprint density at radius 2 is 1.10 bits per heavy atom. The fraction of sp³-hybridized carbons (Fsp3) is 0.743. The van der Waals surface area contributed by atoms with Gasteiger partial charge in [0.25, 0.3) is 10.1 Å². The van der Waals surface area contributed by atoms with E-state index in [4.69, 9.17) is 0 Å². The zero-order valence-corrected chi connectivity index (χ0v) is 27.7. The van der Waals surface area contributed by atoms with Gasteiger partial charge in [0.15, 0.2) is 0 Å². The van der Waals surface area contributed by atoms with Gasteiger partial charge in [0.05, 0.1) is 17.9 Å². The number of unbranched alkanes of at least 4 members (excludes halogenated alkanes) is 15. The fourth-order valence-electron chi connectivity index (χ4n) is 4.67. The Bertz CT molecular complexity index is 847. The van der Waals surface area contributed by atoms with Gasteiger partial charge in [-0.05, 0) is 64.2 Å². The van der Waals surface area contributed by atoms with Crippen molar-refractivity contribution in [3.05, 3.63) is 48.6 Å². The van der Waals surface area contributed by atoms with Crippen LogP contribution in [0.1, 0.15) is 149 Å². The largest absolute Gasteiger partial charge is 0.387 e. The van der Waals surface area contributed by atoms with Crippen LogP contribution < -0.4 is 5.32 Å². The lowest BCUT2D eigenvalue weighted by molar-refractivity contribution is -0.122. The molecule has 0 heterocycles. The van der Waals surface area contributed by atoms with E-state index in [1.165, 1.54) is 76.7 Å². The number of allylic oxidation sites excluding steroid dienone is 7. The normalized spacial score (nSPS) is 14.1. The Kier molecular flexibility index (Phi) is 28.2. The molecule has 0 radical (unpaired) electrons. The molecule has 7 heteroatoms. The quantitative estimate of drug-likeness (QED) is 0.0446. The first-order chi connectivity index (χ1) is 20.3. The molecular weight excluding hydrogens is 546 g/mol. The van der Waals surface area contributed by atoms with Crippen LogP contribution in [0.5, 0.6) is 0 Å². The molecule has 0 spiro atoms. The molecule has 0 aliphatic carbocycles. The number of aliphatic hydroxyl groups excluding tert-OH is 1. The molecule has 0 aromatic rings. The first-order valence-electron chi connectivity index (χ1n) is 16.8. The van der Waals surface area contributed by atoms with Gasteiger partial charge < -0.3 is 10.4 Å². The molecule has 3 N–H and O–H groups in total. The van der Waals surface area contributed by atoms with E-state index in [-0.39, 0.29) is 12.3 Å². The zero-order chi connectivity index (χ0) is 31.2. The fourth-order valence-corrected chi connectivity index (χ4v) is 5.40. The van der Waals surface area contributed by atoms with E-state index >= 15 is 0 Å². The Morgan fingerprint density at radius 3 is 1.69 bits per heavy atom. The van der Waals surface area contributed by atoms with Crippen molar-refractivity contribution in [1.82, 2.24) is 5.32 Å². The Morgan fingerprint density at radius 1 is 0.643 bits per heavy atom. The standard InChI is InChI=1S/C35H63NO5S/c1-3-5-7-9-11-13-15-16-17-18-19-20-21-23-25-27-29-31-35(38)36-33(32-42(39,40)41)34(37)30-28-26-24-22-14-12-10-8-6-4-2/h11,13-14,16-17,22,28,30,33-34,37H,3-10,12,15,18-21,23-27,29,31-32H2,1-2H3,(H,36,38)(H,39,40,41)/b13-11-,17-16-,22-14+,30-28+. The van der Waals surface area contributed by atoms with Crippen LogP contribution in [0.3, 0.4) is 0 Å². The Hall–Kier alpha value is -1.70. The van der Waals surface area contributed by atoms with E-state index in [2.05, 4.69) is 55.6 Å². The summed E-state index contributed by atoms with van der Waals surface area (Å²) in [5.41, 5.74) is 0. The molecule has 0 saturated heterocycles. The van der Waals surface area contributed by atoms with Gasteiger partial charge in [0.2, 0.25) is 5.91 Å². The van der Waals surface area contributed by atoms with Gasteiger partial charge in [0, 0.05) is 6.42 Å². The first kappa shape index (κ1) is 40.3. The van der Waals surface area contributed by atoms with Crippen LogP contribution in [-0.2, 0) is 14.9 Å². The third kappa shape index (κ3) is 29.8. The number of aliphatic hydroxyl groups is 1. The summed E-state index contributed by atoms with van der Waals surface area (Å²) in [6.07, 6.45) is 38.1. The highest BCUT2D eigenvalue weighted by Gasteiger charge is 2.24. The topological polar surface area (TPSA) is 104 Å². The summed E-state index contributed by atoms with van der Waals surface area (Å²) in [6.45, 7) is 4.43. The van der Waals surface area contributed by atoms with E-state index in [1.807, 2.05) is 0 Å². The molecule has 2 atom stereocenters. The third-order valence-corrected chi connectivity index (χ3v) is 8.01. The van der Waals surface area contributed by atoms with Gasteiger partial charge >= 0.3 is 0 Å². The van der Waals surface area contributed by atoms with Gasteiger partial charge in [0.1, 0.15) is 0 Å². The van der Waals surface area contributed by atoms with Gasteiger partial charge in [-0.25, -0.2) is 0 Å². The summed E-state index contributed by atoms with van der Waals surface area (Å²) < 4.78 is 32.2. The van der Waals surface area contributed by atoms with Gasteiger partial charge in [-0.2, -0.15) is 8.42 Å². The molecule has 2 unspecified atom stereocenters. The average molecular weight is 610 g/mol. The molecule has 6 nitrogen and oxygen atoms in total. The summed E-state index contributed by atoms with van der Waals surface area (Å²) >= 11 is 0. The molecule has 0 aliphatic rings. The number of nitrogens with one attached hydrogen (secondary N) is 1. The number of hydrogen-bond donors (Lipinski definition) is 3. The molecule has 0 aliphatic heterocycles. The molecular formula is C35H63NO5S. The van der Waals surface area contributed by atoms with Crippen molar-refractivity contribution in [2.24, 2.45) is 0 Å². The second-order valence-corrected chi connectivity index (χ2v) is 12.9. The summed E-state index contributed by atoms with van der Waals surface area (Å²) in [4.78, 5) is 12.4. The third-order valence-electron chi connectivity index (χ3n) is 7.23. The summed E-state index contributed by atoms with van der Waals surface area (Å²) in [5, 5.41) is 13.1. The molecule has 0 aromatic heterocycles. The molecule has 1 amide bonds. The van der Waals surface area contributed by atoms with Crippen molar-refractivity contribution >= 4 is 16.0 Å². The van der Waals surface area contributed by atoms with E-state index in [0.29, 0.717) is 6.42 Å². The average Bonchev–Trinajstić information content (AvgIpc) is 2.94. The molecule has 0 saturated carbocycles. The summed E-state index contributed by atoms with van der Waals surface area (Å²) in [6, 6.07) is -1.08. The Balaban J connectivity index is 4.05. The molecule has 244 valence electrons. The second-order valence-electron chi connectivity index (χ2n) is 11.4. The van der Waals surface area contributed by atoms with E-state index in [9.17, 15) is 22.9 Å². The van der Waals surface area contributed by atoms with Crippen LogP contribution in [0, 0.1) is 0 Å². The highest BCUT2D eigenvalue weighted by molar-refractivity contribution is 7.85. The van der Waals surface area contributed by atoms with Crippen molar-refractivity contribution in [2.75, 3.05) is 5.75 Å². The summed E-state index contributed by atoms with van der Waals surface area (Å²) in [5.74, 6) is -1.02. The smallest absolute Gasteiger partial charge is 0.267 e. The van der Waals surface area contributed by atoms with E-state index < -0.39 is 28.0 Å². The minimum atomic E-state index is -4.35. The van der Waals surface area contributed by atoms with Crippen LogP contribution in [0.2, 0.25) is 0 Å². The maximum absolute atomic E-state index is 12.4. The minimum absolute atomic E-state index is 0.277. The predicted molar refractivity (Wildman–Crippen MR) is 179 cm³/mol. The van der Waals surface area contributed by atoms with Crippen molar-refractivity contribution in [1.29, 1.82) is 0 Å². The highest BCUT2D eigenvalue weighted by atomic mass is 32.2. The highest BCUT2D eigenvalue weighted by Crippen LogP contribution is 2.11. The Labute approximate surface area is 259 Å². The van der Waals surface area contributed by atoms with E-state index in [1.54, 1.807) is 6.08 Å². The minimum Gasteiger partial charge on any atom is -0.387 e. The van der Waals surface area contributed by atoms with Gasteiger partial charge in [-0.15, -0.1) is 0 Å². The predicted octanol–water partition coefficient (Wildman–Crippen LogP) is 9.18. The monoisotopic (exact) mass is 609 g/mol. The molecule has 0 rings (SSSR count). The molecule has 0 fully saturated rings. The molecule has 0 aromatic carbocycles. The van der Waals surface area contributed by atoms with Crippen LogP contribution in [0.15, 0.2) is 48.6 Å². The number of rotatable bonds is 29. The number of hydrogen-bond acceptors (Lipinski definition) is 4. The maximum atomic E-state index is 12.4. The van der Waals surface area contributed by atoms with Crippen LogP contribution >= 0.6 is 0 Å². The van der Waals surface area contributed by atoms with Crippen molar-refractivity contribution in [3.8, 4) is 0 Å². The number of carbonyl (C=O) groups excluding carboxylic acids is 1. The molecule has 42 heavy (non-hydrogen) atoms. The van der Waals surface area contributed by atoms with Crippen molar-refractivity contribution in [2.45, 2.75) is 161 Å². The van der Waals surface area contributed by atoms with E-state index in [0.717, 1.165) is 51.4 Å². The number of amides is 1. The van der Waals surface area contributed by atoms with Crippen molar-refractivity contribution < 1.29 is 22.9 Å². The lowest BCUT2D eigenvalue weighted by atomic mass is 10.1. The van der Waals surface area contributed by atoms with Gasteiger partial charge in [-0.3, -0.25) is 9.35 Å².